The average Bonchev–Trinajstić information content (AvgIpc) is 3.75. The van der Waals surface area contributed by atoms with Gasteiger partial charge in [0.15, 0.2) is 0 Å². The Hall–Kier alpha value is -3.48. The van der Waals surface area contributed by atoms with Gasteiger partial charge in [0.1, 0.15) is 11.4 Å². The van der Waals surface area contributed by atoms with E-state index in [-0.39, 0.29) is 11.8 Å². The number of rotatable bonds is 7. The molecule has 1 aromatic heterocycles. The van der Waals surface area contributed by atoms with Crippen molar-refractivity contribution in [1.29, 1.82) is 0 Å². The third-order valence-corrected chi connectivity index (χ3v) is 8.75. The molecule has 3 heterocycles. The third kappa shape index (κ3) is 3.78. The van der Waals surface area contributed by atoms with E-state index in [1.165, 1.54) is 23.8 Å². The van der Waals surface area contributed by atoms with Crippen molar-refractivity contribution in [2.45, 2.75) is 50.6 Å². The molecule has 0 unspecified atom stereocenters. The molecule has 0 bridgehead atoms. The molecule has 37 heavy (non-hydrogen) atoms. The van der Waals surface area contributed by atoms with Crippen LogP contribution in [0.1, 0.15) is 44.1 Å². The van der Waals surface area contributed by atoms with Gasteiger partial charge in [-0.3, -0.25) is 24.2 Å². The van der Waals surface area contributed by atoms with Gasteiger partial charge in [-0.25, -0.2) is 0 Å². The number of nitrogens with zero attached hydrogens (tertiary/aromatic N) is 5. The topological polar surface area (TPSA) is 70.8 Å². The van der Waals surface area contributed by atoms with E-state index < -0.39 is 5.54 Å². The highest BCUT2D eigenvalue weighted by Crippen LogP contribution is 2.46. The van der Waals surface area contributed by atoms with E-state index in [4.69, 9.17) is 10.1 Å². The van der Waals surface area contributed by atoms with E-state index in [2.05, 4.69) is 53.3 Å². The lowest BCUT2D eigenvalue weighted by Gasteiger charge is -2.41. The lowest BCUT2D eigenvalue weighted by Crippen LogP contribution is -2.55. The smallest absolute Gasteiger partial charge is 0.256 e. The number of carbonyl (C=O) groups is 2. The Morgan fingerprint density at radius 3 is 2.32 bits per heavy atom. The molecule has 0 N–H and O–H groups in total. The second-order valence-electron chi connectivity index (χ2n) is 11.9. The quantitative estimate of drug-likeness (QED) is 0.498. The van der Waals surface area contributed by atoms with E-state index >= 15 is 0 Å². The predicted octanol–water partition coefficient (Wildman–Crippen LogP) is 4.10. The number of hydrogen-bond acceptors (Lipinski definition) is 4. The van der Waals surface area contributed by atoms with E-state index in [1.54, 1.807) is 0 Å². The fourth-order valence-electron chi connectivity index (χ4n) is 5.93. The predicted molar refractivity (Wildman–Crippen MR) is 141 cm³/mol. The Labute approximate surface area is 216 Å². The lowest BCUT2D eigenvalue weighted by atomic mass is 9.97. The highest BCUT2D eigenvalue weighted by atomic mass is 16.2. The summed E-state index contributed by atoms with van der Waals surface area (Å²) in [6.45, 7) is 3.19. The molecule has 5 aliphatic rings. The van der Waals surface area contributed by atoms with E-state index in [0.29, 0.717) is 18.4 Å². The van der Waals surface area contributed by atoms with Crippen molar-refractivity contribution in [2.24, 2.45) is 22.7 Å². The van der Waals surface area contributed by atoms with Crippen molar-refractivity contribution < 1.29 is 9.59 Å². The zero-order chi connectivity index (χ0) is 24.7. The zero-order valence-corrected chi connectivity index (χ0v) is 21.0. The fourth-order valence-corrected chi connectivity index (χ4v) is 5.93. The monoisotopic (exact) mass is 493 g/mol. The highest BCUT2D eigenvalue weighted by Gasteiger charge is 2.57. The molecule has 2 aromatic carbocycles. The SMILES string of the molecule is O=C(C1CC1)N1CC(CN2C(=O)C3(CC3)N=C2c2ccc(-c3ccc4nn(CC5CC5)cc4c3)cc2)C1. The first-order valence-electron chi connectivity index (χ1n) is 13.8. The van der Waals surface area contributed by atoms with E-state index in [0.717, 1.165) is 73.7 Å². The Kier molecular flexibility index (Phi) is 4.53. The number of hydrogen-bond donors (Lipinski definition) is 0. The molecular formula is C30H31N5O2. The molecule has 8 rings (SSSR count). The highest BCUT2D eigenvalue weighted by molar-refractivity contribution is 6.16. The molecular weight excluding hydrogens is 462 g/mol. The molecule has 1 spiro atoms. The molecule has 7 heteroatoms. The number of amidine groups is 1. The van der Waals surface area contributed by atoms with Gasteiger partial charge >= 0.3 is 0 Å². The number of amides is 2. The summed E-state index contributed by atoms with van der Waals surface area (Å²) in [7, 11) is 0. The van der Waals surface area contributed by atoms with Crippen molar-refractivity contribution in [2.75, 3.05) is 19.6 Å². The number of fused-ring (bicyclic) bond motifs is 1. The molecule has 4 fully saturated rings. The average molecular weight is 494 g/mol. The Morgan fingerprint density at radius 2 is 1.62 bits per heavy atom. The van der Waals surface area contributed by atoms with Gasteiger partial charge in [-0.1, -0.05) is 30.3 Å². The van der Waals surface area contributed by atoms with Gasteiger partial charge in [0.25, 0.3) is 5.91 Å². The largest absolute Gasteiger partial charge is 0.342 e. The van der Waals surface area contributed by atoms with Gasteiger partial charge in [0.2, 0.25) is 5.91 Å². The van der Waals surface area contributed by atoms with Crippen LogP contribution in [0.25, 0.3) is 22.0 Å². The van der Waals surface area contributed by atoms with Gasteiger partial charge in [0, 0.05) is 55.2 Å². The van der Waals surface area contributed by atoms with Gasteiger partial charge in [-0.05, 0) is 67.7 Å². The van der Waals surface area contributed by atoms with Crippen molar-refractivity contribution in [1.82, 2.24) is 19.6 Å². The summed E-state index contributed by atoms with van der Waals surface area (Å²) in [4.78, 5) is 34.4. The van der Waals surface area contributed by atoms with E-state index in [9.17, 15) is 9.59 Å². The van der Waals surface area contributed by atoms with Crippen LogP contribution >= 0.6 is 0 Å². The van der Waals surface area contributed by atoms with Crippen LogP contribution < -0.4 is 0 Å². The van der Waals surface area contributed by atoms with Gasteiger partial charge < -0.3 is 4.90 Å². The van der Waals surface area contributed by atoms with Crippen molar-refractivity contribution in [3.8, 4) is 11.1 Å². The van der Waals surface area contributed by atoms with Crippen LogP contribution in [0.15, 0.2) is 53.7 Å². The molecule has 2 amide bonds. The van der Waals surface area contributed by atoms with Crippen LogP contribution in [0.3, 0.4) is 0 Å². The summed E-state index contributed by atoms with van der Waals surface area (Å²) in [5.41, 5.74) is 3.82. The number of benzene rings is 2. The number of aromatic nitrogens is 2. The van der Waals surface area contributed by atoms with E-state index in [1.807, 2.05) is 9.80 Å². The molecule has 7 nitrogen and oxygen atoms in total. The number of aliphatic imine (C=N–C) groups is 1. The minimum absolute atomic E-state index is 0.146. The summed E-state index contributed by atoms with van der Waals surface area (Å²) in [6, 6.07) is 14.9. The summed E-state index contributed by atoms with van der Waals surface area (Å²) in [6.07, 6.45) is 8.57. The number of carbonyl (C=O) groups excluding carboxylic acids is 2. The van der Waals surface area contributed by atoms with Crippen LogP contribution in [-0.4, -0.2) is 62.4 Å². The molecule has 188 valence electrons. The van der Waals surface area contributed by atoms with Gasteiger partial charge in [0.05, 0.1) is 5.52 Å². The molecule has 3 aromatic rings. The molecule has 0 radical (unpaired) electrons. The Morgan fingerprint density at radius 1 is 0.892 bits per heavy atom. The standard InChI is InChI=1S/C30H31N5O2/c36-28(23-7-8-23)33-14-20(15-33)17-35-27(31-30(11-12-30)29(35)37)22-5-3-21(4-6-22)24-9-10-26-25(13-24)18-34(32-26)16-19-1-2-19/h3-6,9-10,13,18-20,23H,1-2,7-8,11-12,14-17H2. The summed E-state index contributed by atoms with van der Waals surface area (Å²) >= 11 is 0. The third-order valence-electron chi connectivity index (χ3n) is 8.75. The maximum Gasteiger partial charge on any atom is 0.256 e. The first kappa shape index (κ1) is 21.6. The molecule has 3 saturated carbocycles. The van der Waals surface area contributed by atoms with Crippen LogP contribution in [0, 0.1) is 17.8 Å². The minimum Gasteiger partial charge on any atom is -0.342 e. The Bertz CT molecular complexity index is 1450. The van der Waals surface area contributed by atoms with Crippen LogP contribution in [-0.2, 0) is 16.1 Å². The lowest BCUT2D eigenvalue weighted by molar-refractivity contribution is -0.139. The van der Waals surface area contributed by atoms with Gasteiger partial charge in [-0.2, -0.15) is 5.10 Å². The molecule has 2 aliphatic heterocycles. The molecule has 1 saturated heterocycles. The summed E-state index contributed by atoms with van der Waals surface area (Å²) < 4.78 is 2.09. The Balaban J connectivity index is 1.01. The maximum atomic E-state index is 13.3. The molecule has 0 atom stereocenters. The first-order chi connectivity index (χ1) is 18.0. The second kappa shape index (κ2) is 7.76. The van der Waals surface area contributed by atoms with Crippen molar-refractivity contribution >= 4 is 28.6 Å². The maximum absolute atomic E-state index is 13.3. The minimum atomic E-state index is -0.521. The van der Waals surface area contributed by atoms with Gasteiger partial charge in [-0.15, -0.1) is 0 Å². The van der Waals surface area contributed by atoms with Crippen molar-refractivity contribution in [3.05, 3.63) is 54.2 Å². The van der Waals surface area contributed by atoms with Crippen LogP contribution in [0.2, 0.25) is 0 Å². The second-order valence-corrected chi connectivity index (χ2v) is 11.9. The van der Waals surface area contributed by atoms with Crippen LogP contribution in [0.5, 0.6) is 0 Å². The summed E-state index contributed by atoms with van der Waals surface area (Å²) in [5.74, 6) is 2.65. The number of likely N-dealkylation sites (tertiary alicyclic amines) is 1. The van der Waals surface area contributed by atoms with Crippen molar-refractivity contribution in [3.63, 3.8) is 0 Å². The fraction of sp³-hybridized carbons (Fsp3) is 0.467. The summed E-state index contributed by atoms with van der Waals surface area (Å²) in [5, 5.41) is 5.90. The normalized spacial score (nSPS) is 22.6. The zero-order valence-electron chi connectivity index (χ0n) is 21.0. The first-order valence-corrected chi connectivity index (χ1v) is 13.8. The molecule has 3 aliphatic carbocycles. The van der Waals surface area contributed by atoms with Crippen LogP contribution in [0.4, 0.5) is 0 Å².